The summed E-state index contributed by atoms with van der Waals surface area (Å²) < 4.78 is 33.0. The third kappa shape index (κ3) is 6.26. The van der Waals surface area contributed by atoms with Gasteiger partial charge in [0.1, 0.15) is 0 Å². The van der Waals surface area contributed by atoms with Crippen LogP contribution in [-0.2, 0) is 26.1 Å². The number of nitrogens with one attached hydrogen (secondary N) is 2. The summed E-state index contributed by atoms with van der Waals surface area (Å²) in [5, 5.41) is 2.69. The van der Waals surface area contributed by atoms with Gasteiger partial charge in [-0.2, -0.15) is 0 Å². The van der Waals surface area contributed by atoms with Crippen LogP contribution in [0.4, 0.5) is 5.69 Å². The summed E-state index contributed by atoms with van der Waals surface area (Å²) in [7, 11) is -3.84. The number of hydrogen-bond acceptors (Lipinski definition) is 5. The van der Waals surface area contributed by atoms with E-state index in [1.807, 2.05) is 31.2 Å². The number of benzene rings is 3. The zero-order valence-electron chi connectivity index (χ0n) is 17.7. The summed E-state index contributed by atoms with van der Waals surface area (Å²) in [6.07, 6.45) is -1.07. The molecule has 0 saturated carbocycles. The maximum Gasteiger partial charge on any atom is 0.338 e. The average Bonchev–Trinajstić information content (AvgIpc) is 2.78. The summed E-state index contributed by atoms with van der Waals surface area (Å²) >= 11 is 0. The fraction of sp³-hybridized carbons (Fsp3) is 0.167. The number of amides is 1. The van der Waals surface area contributed by atoms with E-state index in [0.29, 0.717) is 5.69 Å². The molecule has 3 rings (SSSR count). The van der Waals surface area contributed by atoms with Crippen molar-refractivity contribution in [2.45, 2.75) is 31.4 Å². The minimum absolute atomic E-state index is 0.0304. The van der Waals surface area contributed by atoms with Crippen LogP contribution in [0.5, 0.6) is 0 Å². The summed E-state index contributed by atoms with van der Waals surface area (Å²) in [4.78, 5) is 24.8. The van der Waals surface area contributed by atoms with Crippen molar-refractivity contribution in [3.63, 3.8) is 0 Å². The average molecular weight is 453 g/mol. The Balaban J connectivity index is 1.64. The van der Waals surface area contributed by atoms with E-state index in [-0.39, 0.29) is 17.0 Å². The molecule has 0 unspecified atom stereocenters. The molecule has 7 nitrogen and oxygen atoms in total. The van der Waals surface area contributed by atoms with Gasteiger partial charge >= 0.3 is 5.97 Å². The van der Waals surface area contributed by atoms with Crippen LogP contribution in [0.25, 0.3) is 0 Å². The minimum atomic E-state index is -3.84. The predicted molar refractivity (Wildman–Crippen MR) is 122 cm³/mol. The van der Waals surface area contributed by atoms with Gasteiger partial charge in [-0.15, -0.1) is 0 Å². The van der Waals surface area contributed by atoms with Crippen LogP contribution >= 0.6 is 0 Å². The van der Waals surface area contributed by atoms with E-state index >= 15 is 0 Å². The lowest BCUT2D eigenvalue weighted by Crippen LogP contribution is -2.30. The summed E-state index contributed by atoms with van der Waals surface area (Å²) in [6.45, 7) is 3.47. The van der Waals surface area contributed by atoms with Crippen molar-refractivity contribution in [3.8, 4) is 0 Å². The molecule has 0 aliphatic heterocycles. The standard InChI is InChI=1S/C24H24N2O5S/c1-17-8-6-12-21(14-17)26-23(27)18(2)31-24(28)20-11-7-13-22(15-20)32(29,30)25-16-19-9-4-3-5-10-19/h3-15,18,25H,16H2,1-2H3,(H,26,27)/t18-/m1/s1. The molecule has 32 heavy (non-hydrogen) atoms. The number of rotatable bonds is 8. The zero-order chi connectivity index (χ0) is 23.1. The van der Waals surface area contributed by atoms with Gasteiger partial charge in [0, 0.05) is 12.2 Å². The maximum absolute atomic E-state index is 12.6. The van der Waals surface area contributed by atoms with Crippen molar-refractivity contribution < 1.29 is 22.7 Å². The Morgan fingerprint density at radius 1 is 0.938 bits per heavy atom. The second-order valence-electron chi connectivity index (χ2n) is 7.24. The van der Waals surface area contributed by atoms with Crippen molar-refractivity contribution in [1.29, 1.82) is 0 Å². The molecular formula is C24H24N2O5S. The topological polar surface area (TPSA) is 102 Å². The van der Waals surface area contributed by atoms with Gasteiger partial charge in [0.05, 0.1) is 10.5 Å². The summed E-state index contributed by atoms with van der Waals surface area (Å²) in [6, 6.07) is 21.8. The molecule has 0 saturated heterocycles. The molecule has 0 radical (unpaired) electrons. The van der Waals surface area contributed by atoms with Crippen LogP contribution in [0.1, 0.15) is 28.4 Å². The molecule has 2 N–H and O–H groups in total. The molecule has 166 valence electrons. The van der Waals surface area contributed by atoms with Crippen molar-refractivity contribution in [1.82, 2.24) is 4.72 Å². The Morgan fingerprint density at radius 3 is 2.38 bits per heavy atom. The SMILES string of the molecule is Cc1cccc(NC(=O)[C@@H](C)OC(=O)c2cccc(S(=O)(=O)NCc3ccccc3)c2)c1. The Labute approximate surface area is 187 Å². The highest BCUT2D eigenvalue weighted by molar-refractivity contribution is 7.89. The lowest BCUT2D eigenvalue weighted by molar-refractivity contribution is -0.123. The highest BCUT2D eigenvalue weighted by Gasteiger charge is 2.21. The lowest BCUT2D eigenvalue weighted by atomic mass is 10.2. The van der Waals surface area contributed by atoms with Crippen molar-refractivity contribution >= 4 is 27.6 Å². The first-order valence-corrected chi connectivity index (χ1v) is 11.4. The van der Waals surface area contributed by atoms with E-state index in [1.54, 1.807) is 30.3 Å². The van der Waals surface area contributed by atoms with Crippen LogP contribution in [0.2, 0.25) is 0 Å². The van der Waals surface area contributed by atoms with E-state index in [0.717, 1.165) is 11.1 Å². The van der Waals surface area contributed by atoms with Crippen molar-refractivity contribution in [3.05, 3.63) is 95.6 Å². The number of carbonyl (C=O) groups is 2. The van der Waals surface area contributed by atoms with E-state index in [9.17, 15) is 18.0 Å². The quantitative estimate of drug-likeness (QED) is 0.508. The number of sulfonamides is 1. The van der Waals surface area contributed by atoms with Gasteiger partial charge in [-0.1, -0.05) is 48.5 Å². The third-order valence-electron chi connectivity index (χ3n) is 4.63. The highest BCUT2D eigenvalue weighted by Crippen LogP contribution is 2.15. The second kappa shape index (κ2) is 10.2. The summed E-state index contributed by atoms with van der Waals surface area (Å²) in [5.74, 6) is -1.28. The Bertz CT molecular complexity index is 1210. The number of hydrogen-bond donors (Lipinski definition) is 2. The first kappa shape index (κ1) is 23.2. The number of aryl methyl sites for hydroxylation is 1. The van der Waals surface area contributed by atoms with E-state index in [4.69, 9.17) is 4.74 Å². The molecule has 1 atom stereocenters. The molecule has 0 fully saturated rings. The van der Waals surface area contributed by atoms with Gasteiger partial charge in [-0.25, -0.2) is 17.9 Å². The first-order chi connectivity index (χ1) is 15.2. The third-order valence-corrected chi connectivity index (χ3v) is 6.03. The smallest absolute Gasteiger partial charge is 0.338 e. The lowest BCUT2D eigenvalue weighted by Gasteiger charge is -2.14. The Hall–Kier alpha value is -3.49. The molecular weight excluding hydrogens is 428 g/mol. The molecule has 0 bridgehead atoms. The van der Waals surface area contributed by atoms with Gasteiger partial charge in [0.25, 0.3) is 5.91 Å². The first-order valence-electron chi connectivity index (χ1n) is 9.97. The molecule has 0 aromatic heterocycles. The predicted octanol–water partition coefficient (Wildman–Crippen LogP) is 3.66. The number of carbonyl (C=O) groups excluding carboxylic acids is 2. The number of ether oxygens (including phenoxy) is 1. The second-order valence-corrected chi connectivity index (χ2v) is 9.01. The van der Waals surface area contributed by atoms with Gasteiger partial charge < -0.3 is 10.1 Å². The molecule has 0 aliphatic carbocycles. The largest absolute Gasteiger partial charge is 0.449 e. The molecule has 3 aromatic rings. The van der Waals surface area contributed by atoms with E-state index < -0.39 is 28.0 Å². The van der Waals surface area contributed by atoms with Crippen LogP contribution in [-0.4, -0.2) is 26.4 Å². The van der Waals surface area contributed by atoms with Crippen molar-refractivity contribution in [2.75, 3.05) is 5.32 Å². The highest BCUT2D eigenvalue weighted by atomic mass is 32.2. The maximum atomic E-state index is 12.6. The van der Waals surface area contributed by atoms with Gasteiger partial charge in [0.2, 0.25) is 10.0 Å². The van der Waals surface area contributed by atoms with Gasteiger partial charge in [0.15, 0.2) is 6.10 Å². The molecule has 0 aliphatic rings. The zero-order valence-corrected chi connectivity index (χ0v) is 18.6. The van der Waals surface area contributed by atoms with Gasteiger partial charge in [-0.3, -0.25) is 4.79 Å². The van der Waals surface area contributed by atoms with Gasteiger partial charge in [-0.05, 0) is 55.3 Å². The monoisotopic (exact) mass is 452 g/mol. The van der Waals surface area contributed by atoms with E-state index in [2.05, 4.69) is 10.0 Å². The number of anilines is 1. The van der Waals surface area contributed by atoms with E-state index in [1.165, 1.54) is 31.2 Å². The van der Waals surface area contributed by atoms with Crippen LogP contribution in [0, 0.1) is 6.92 Å². The molecule has 8 heteroatoms. The van der Waals surface area contributed by atoms with Crippen molar-refractivity contribution in [2.24, 2.45) is 0 Å². The van der Waals surface area contributed by atoms with Crippen LogP contribution < -0.4 is 10.0 Å². The normalized spacial score (nSPS) is 12.1. The fourth-order valence-corrected chi connectivity index (χ4v) is 3.96. The van der Waals surface area contributed by atoms with Crippen LogP contribution in [0.15, 0.2) is 83.8 Å². The molecule has 3 aromatic carbocycles. The molecule has 0 heterocycles. The molecule has 0 spiro atoms. The molecule has 1 amide bonds. The Kier molecular flexibility index (Phi) is 7.40. The van der Waals surface area contributed by atoms with Crippen LogP contribution in [0.3, 0.4) is 0 Å². The fourth-order valence-electron chi connectivity index (χ4n) is 2.90. The number of esters is 1. The summed E-state index contributed by atoms with van der Waals surface area (Å²) in [5.41, 5.74) is 2.41. The Morgan fingerprint density at radius 2 is 1.66 bits per heavy atom. The minimum Gasteiger partial charge on any atom is -0.449 e.